The largest absolute Gasteiger partial charge is 0.496 e. The summed E-state index contributed by atoms with van der Waals surface area (Å²) in [7, 11) is 1.65. The first kappa shape index (κ1) is 13.4. The van der Waals surface area contributed by atoms with Gasteiger partial charge in [-0.15, -0.1) is 0 Å². The Hall–Kier alpha value is -1.55. The van der Waals surface area contributed by atoms with E-state index in [1.807, 2.05) is 24.3 Å². The van der Waals surface area contributed by atoms with Gasteiger partial charge in [-0.1, -0.05) is 6.07 Å². The fourth-order valence-electron chi connectivity index (χ4n) is 2.69. The lowest BCUT2D eigenvalue weighted by molar-refractivity contribution is 0.412. The fourth-order valence-corrected chi connectivity index (χ4v) is 3.23. The van der Waals surface area contributed by atoms with Crippen LogP contribution in [0.25, 0.3) is 0 Å². The van der Waals surface area contributed by atoms with E-state index in [2.05, 4.69) is 21.2 Å². The van der Waals surface area contributed by atoms with Crippen molar-refractivity contribution in [2.24, 2.45) is 0 Å². The Morgan fingerprint density at radius 3 is 2.85 bits per heavy atom. The van der Waals surface area contributed by atoms with Crippen LogP contribution >= 0.6 is 15.9 Å². The highest BCUT2D eigenvalue weighted by atomic mass is 79.9. The van der Waals surface area contributed by atoms with Gasteiger partial charge >= 0.3 is 0 Å². The Bertz CT molecular complexity index is 644. The minimum Gasteiger partial charge on any atom is -0.496 e. The molecular formula is C16H15BrFNO. The molecule has 0 aliphatic heterocycles. The molecule has 2 aromatic rings. The molecule has 2 aromatic carbocycles. The number of benzene rings is 2. The second-order valence-electron chi connectivity index (χ2n) is 4.93. The van der Waals surface area contributed by atoms with Crippen molar-refractivity contribution in [1.29, 1.82) is 0 Å². The molecule has 0 aromatic heterocycles. The second kappa shape index (κ2) is 5.44. The summed E-state index contributed by atoms with van der Waals surface area (Å²) in [6.45, 7) is 0. The van der Waals surface area contributed by atoms with Gasteiger partial charge in [0, 0.05) is 5.69 Å². The van der Waals surface area contributed by atoms with Crippen LogP contribution in [0.3, 0.4) is 0 Å². The zero-order chi connectivity index (χ0) is 14.1. The minimum atomic E-state index is -0.156. The van der Waals surface area contributed by atoms with Gasteiger partial charge in [0.2, 0.25) is 0 Å². The molecule has 0 bridgehead atoms. The van der Waals surface area contributed by atoms with Crippen LogP contribution in [0.15, 0.2) is 40.9 Å². The summed E-state index contributed by atoms with van der Waals surface area (Å²) in [5, 5.41) is 3.50. The lowest BCUT2D eigenvalue weighted by atomic mass is 10.1. The molecule has 104 valence electrons. The third-order valence-electron chi connectivity index (χ3n) is 3.68. The average Bonchev–Trinajstić information content (AvgIpc) is 2.81. The lowest BCUT2D eigenvalue weighted by Crippen LogP contribution is -2.07. The molecule has 0 amide bonds. The van der Waals surface area contributed by atoms with E-state index >= 15 is 0 Å². The molecule has 0 heterocycles. The Labute approximate surface area is 126 Å². The highest BCUT2D eigenvalue weighted by Gasteiger charge is 2.22. The van der Waals surface area contributed by atoms with Crippen LogP contribution in [0.5, 0.6) is 5.75 Å². The van der Waals surface area contributed by atoms with Gasteiger partial charge in [-0.2, -0.15) is 0 Å². The first-order chi connectivity index (χ1) is 9.67. The van der Waals surface area contributed by atoms with E-state index in [-0.39, 0.29) is 11.9 Å². The number of nitrogens with one attached hydrogen (secondary N) is 1. The molecule has 0 spiro atoms. The number of hydrogen-bond donors (Lipinski definition) is 1. The van der Waals surface area contributed by atoms with Gasteiger partial charge in [0.05, 0.1) is 17.6 Å². The predicted octanol–water partition coefficient (Wildman–Crippen LogP) is 4.70. The molecule has 3 rings (SSSR count). The topological polar surface area (TPSA) is 21.3 Å². The van der Waals surface area contributed by atoms with Crippen LogP contribution in [-0.4, -0.2) is 7.11 Å². The molecule has 0 fully saturated rings. The number of fused-ring (bicyclic) bond motifs is 1. The molecule has 0 saturated carbocycles. The van der Waals surface area contributed by atoms with Crippen molar-refractivity contribution in [3.05, 3.63) is 57.8 Å². The van der Waals surface area contributed by atoms with E-state index in [0.29, 0.717) is 0 Å². The summed E-state index contributed by atoms with van der Waals surface area (Å²) in [6.07, 6.45) is 1.91. The molecule has 1 unspecified atom stereocenters. The molecule has 1 atom stereocenters. The maximum atomic E-state index is 13.2. The number of aryl methyl sites for hydroxylation is 1. The number of rotatable bonds is 3. The Kier molecular flexibility index (Phi) is 3.66. The summed E-state index contributed by atoms with van der Waals surface area (Å²) in [6, 6.07) is 11.2. The van der Waals surface area contributed by atoms with E-state index < -0.39 is 0 Å². The van der Waals surface area contributed by atoms with Crippen molar-refractivity contribution in [3.8, 4) is 5.75 Å². The fraction of sp³-hybridized carbons (Fsp3) is 0.250. The van der Waals surface area contributed by atoms with Crippen molar-refractivity contribution >= 4 is 21.6 Å². The molecule has 1 aliphatic rings. The van der Waals surface area contributed by atoms with Crippen LogP contribution in [0.1, 0.15) is 23.6 Å². The van der Waals surface area contributed by atoms with E-state index in [4.69, 9.17) is 4.74 Å². The van der Waals surface area contributed by atoms with Gasteiger partial charge < -0.3 is 10.1 Å². The van der Waals surface area contributed by atoms with Crippen molar-refractivity contribution in [1.82, 2.24) is 0 Å². The van der Waals surface area contributed by atoms with E-state index in [9.17, 15) is 4.39 Å². The van der Waals surface area contributed by atoms with E-state index in [1.165, 1.54) is 11.6 Å². The van der Waals surface area contributed by atoms with Crippen LogP contribution in [0, 0.1) is 5.82 Å². The molecule has 20 heavy (non-hydrogen) atoms. The van der Waals surface area contributed by atoms with Gasteiger partial charge in [-0.3, -0.25) is 0 Å². The van der Waals surface area contributed by atoms with Crippen LogP contribution in [0.4, 0.5) is 10.1 Å². The van der Waals surface area contributed by atoms with Crippen molar-refractivity contribution < 1.29 is 9.13 Å². The third kappa shape index (κ3) is 2.52. The van der Waals surface area contributed by atoms with Crippen LogP contribution in [-0.2, 0) is 6.42 Å². The number of hydrogen-bond acceptors (Lipinski definition) is 2. The Morgan fingerprint density at radius 1 is 1.25 bits per heavy atom. The summed E-state index contributed by atoms with van der Waals surface area (Å²) >= 11 is 3.48. The maximum absolute atomic E-state index is 13.2. The van der Waals surface area contributed by atoms with Crippen molar-refractivity contribution in [2.75, 3.05) is 12.4 Å². The Morgan fingerprint density at radius 2 is 2.10 bits per heavy atom. The first-order valence-corrected chi connectivity index (χ1v) is 7.35. The van der Waals surface area contributed by atoms with Crippen molar-refractivity contribution in [3.63, 3.8) is 0 Å². The third-order valence-corrected chi connectivity index (χ3v) is 4.30. The van der Waals surface area contributed by atoms with Crippen LogP contribution < -0.4 is 10.1 Å². The van der Waals surface area contributed by atoms with Gasteiger partial charge in [-0.25, -0.2) is 4.39 Å². The number of methoxy groups -OCH3 is 1. The van der Waals surface area contributed by atoms with Gasteiger partial charge in [0.15, 0.2) is 0 Å². The van der Waals surface area contributed by atoms with Gasteiger partial charge in [0.25, 0.3) is 0 Å². The average molecular weight is 336 g/mol. The Balaban J connectivity index is 1.82. The van der Waals surface area contributed by atoms with E-state index in [1.54, 1.807) is 13.2 Å². The number of ether oxygens (including phenoxy) is 1. The SMILES string of the molecule is COc1ccc(NC2CCc3cc(F)ccc32)cc1Br. The molecule has 1 N–H and O–H groups in total. The van der Waals surface area contributed by atoms with E-state index in [0.717, 1.165) is 34.3 Å². The molecule has 4 heteroatoms. The highest BCUT2D eigenvalue weighted by Crippen LogP contribution is 2.36. The van der Waals surface area contributed by atoms with Crippen molar-refractivity contribution in [2.45, 2.75) is 18.9 Å². The molecule has 0 radical (unpaired) electrons. The molecular weight excluding hydrogens is 321 g/mol. The summed E-state index contributed by atoms with van der Waals surface area (Å²) in [4.78, 5) is 0. The normalized spacial score (nSPS) is 16.9. The monoisotopic (exact) mass is 335 g/mol. The maximum Gasteiger partial charge on any atom is 0.133 e. The van der Waals surface area contributed by atoms with Gasteiger partial charge in [-0.05, 0) is 70.2 Å². The quantitative estimate of drug-likeness (QED) is 0.877. The molecule has 1 aliphatic carbocycles. The highest BCUT2D eigenvalue weighted by molar-refractivity contribution is 9.10. The molecule has 2 nitrogen and oxygen atoms in total. The summed E-state index contributed by atoms with van der Waals surface area (Å²) in [5.74, 6) is 0.654. The summed E-state index contributed by atoms with van der Waals surface area (Å²) in [5.41, 5.74) is 3.33. The number of anilines is 1. The standard InChI is InChI=1S/C16H15BrFNO/c1-20-16-7-4-12(9-14(16)17)19-15-6-2-10-8-11(18)3-5-13(10)15/h3-5,7-9,15,19H,2,6H2,1H3. The molecule has 0 saturated heterocycles. The first-order valence-electron chi connectivity index (χ1n) is 6.56. The second-order valence-corrected chi connectivity index (χ2v) is 5.78. The number of halogens is 2. The lowest BCUT2D eigenvalue weighted by Gasteiger charge is -2.16. The zero-order valence-electron chi connectivity index (χ0n) is 11.1. The zero-order valence-corrected chi connectivity index (χ0v) is 12.7. The van der Waals surface area contributed by atoms with Gasteiger partial charge in [0.1, 0.15) is 11.6 Å². The predicted molar refractivity (Wildman–Crippen MR) is 81.8 cm³/mol. The van der Waals surface area contributed by atoms with Crippen LogP contribution in [0.2, 0.25) is 0 Å². The minimum absolute atomic E-state index is 0.156. The summed E-state index contributed by atoms with van der Waals surface area (Å²) < 4.78 is 19.4. The smallest absolute Gasteiger partial charge is 0.133 e.